The van der Waals surface area contributed by atoms with Crippen LogP contribution in [0.2, 0.25) is 0 Å². The fourth-order valence-corrected chi connectivity index (χ4v) is 2.61. The summed E-state index contributed by atoms with van der Waals surface area (Å²) >= 11 is 0. The molecule has 3 heteroatoms. The molecule has 0 aromatic rings. The van der Waals surface area contributed by atoms with Crippen LogP contribution in [0.3, 0.4) is 0 Å². The van der Waals surface area contributed by atoms with Crippen molar-refractivity contribution in [1.29, 1.82) is 0 Å². The molecule has 0 amide bonds. The molecule has 0 aromatic carbocycles. The van der Waals surface area contributed by atoms with E-state index in [4.69, 9.17) is 0 Å². The van der Waals surface area contributed by atoms with Crippen LogP contribution in [0.4, 0.5) is 4.39 Å². The maximum Gasteiger partial charge on any atom is 0.107 e. The van der Waals surface area contributed by atoms with Crippen LogP contribution < -0.4 is 5.32 Å². The first kappa shape index (κ1) is 11.3. The van der Waals surface area contributed by atoms with Crippen LogP contribution in [0.25, 0.3) is 0 Å². The van der Waals surface area contributed by atoms with E-state index in [2.05, 4.69) is 5.32 Å². The minimum Gasteiger partial charge on any atom is -0.316 e. The lowest BCUT2D eigenvalue weighted by Crippen LogP contribution is -2.25. The van der Waals surface area contributed by atoms with Gasteiger partial charge in [-0.05, 0) is 31.7 Å². The van der Waals surface area contributed by atoms with E-state index in [-0.39, 0.29) is 12.4 Å². The van der Waals surface area contributed by atoms with Crippen LogP contribution in [0.5, 0.6) is 0 Å². The van der Waals surface area contributed by atoms with Crippen molar-refractivity contribution in [3.8, 4) is 0 Å². The smallest absolute Gasteiger partial charge is 0.107 e. The van der Waals surface area contributed by atoms with E-state index in [9.17, 15) is 4.39 Å². The highest BCUT2D eigenvalue weighted by Crippen LogP contribution is 2.34. The van der Waals surface area contributed by atoms with Crippen molar-refractivity contribution in [1.82, 2.24) is 5.32 Å². The Hall–Kier alpha value is 0.180. The van der Waals surface area contributed by atoms with Crippen molar-refractivity contribution in [2.75, 3.05) is 13.1 Å². The summed E-state index contributed by atoms with van der Waals surface area (Å²) in [6.07, 6.45) is 5.33. The first-order chi connectivity index (χ1) is 5.88. The normalized spacial score (nSPS) is 31.6. The zero-order chi connectivity index (χ0) is 8.39. The van der Waals surface area contributed by atoms with E-state index in [1.165, 1.54) is 12.8 Å². The Balaban J connectivity index is 0.000000845. The third kappa shape index (κ3) is 2.57. The summed E-state index contributed by atoms with van der Waals surface area (Å²) < 4.78 is 13.8. The van der Waals surface area contributed by atoms with E-state index in [0.29, 0.717) is 11.8 Å². The molecule has 1 aliphatic carbocycles. The Morgan fingerprint density at radius 2 is 1.77 bits per heavy atom. The summed E-state index contributed by atoms with van der Waals surface area (Å²) in [5.74, 6) is 0.725. The molecular weight excluding hydrogens is 189 g/mol. The Morgan fingerprint density at radius 3 is 2.31 bits per heavy atom. The van der Waals surface area contributed by atoms with Gasteiger partial charge in [0.2, 0.25) is 0 Å². The molecule has 2 unspecified atom stereocenters. The molecule has 2 rings (SSSR count). The second kappa shape index (κ2) is 5.16. The van der Waals surface area contributed by atoms with Gasteiger partial charge >= 0.3 is 0 Å². The predicted octanol–water partition coefficient (Wildman–Crippen LogP) is 2.55. The Labute approximate surface area is 85.9 Å². The van der Waals surface area contributed by atoms with Gasteiger partial charge in [0.25, 0.3) is 0 Å². The van der Waals surface area contributed by atoms with Gasteiger partial charge in [0.1, 0.15) is 6.17 Å². The van der Waals surface area contributed by atoms with Gasteiger partial charge in [-0.25, -0.2) is 4.39 Å². The maximum absolute atomic E-state index is 13.8. The zero-order valence-electron chi connectivity index (χ0n) is 7.97. The SMILES string of the molecule is Cl.FC(C1CCCC1)C1CCNC1. The van der Waals surface area contributed by atoms with Gasteiger partial charge in [-0.2, -0.15) is 0 Å². The molecule has 13 heavy (non-hydrogen) atoms. The topological polar surface area (TPSA) is 12.0 Å². The molecule has 2 aliphatic rings. The van der Waals surface area contributed by atoms with Gasteiger partial charge in [-0.15, -0.1) is 12.4 Å². The number of halogens is 2. The van der Waals surface area contributed by atoms with Crippen molar-refractivity contribution in [3.63, 3.8) is 0 Å². The summed E-state index contributed by atoms with van der Waals surface area (Å²) in [7, 11) is 0. The first-order valence-corrected chi connectivity index (χ1v) is 5.22. The van der Waals surface area contributed by atoms with E-state index in [1.54, 1.807) is 0 Å². The largest absolute Gasteiger partial charge is 0.316 e. The molecule has 2 atom stereocenters. The number of hydrogen-bond acceptors (Lipinski definition) is 1. The Morgan fingerprint density at radius 1 is 1.08 bits per heavy atom. The van der Waals surface area contributed by atoms with Crippen molar-refractivity contribution in [3.05, 3.63) is 0 Å². The van der Waals surface area contributed by atoms with Gasteiger partial charge in [0.15, 0.2) is 0 Å². The monoisotopic (exact) mass is 207 g/mol. The van der Waals surface area contributed by atoms with E-state index < -0.39 is 6.17 Å². The summed E-state index contributed by atoms with van der Waals surface area (Å²) in [5, 5.41) is 3.24. The average Bonchev–Trinajstić information content (AvgIpc) is 2.77. The minimum atomic E-state index is -0.512. The van der Waals surface area contributed by atoms with E-state index >= 15 is 0 Å². The molecule has 1 N–H and O–H groups in total. The number of nitrogens with one attached hydrogen (secondary N) is 1. The summed E-state index contributed by atoms with van der Waals surface area (Å²) in [6.45, 7) is 1.94. The quantitative estimate of drug-likeness (QED) is 0.734. The predicted molar refractivity (Wildman–Crippen MR) is 55.1 cm³/mol. The first-order valence-electron chi connectivity index (χ1n) is 5.22. The number of alkyl halides is 1. The van der Waals surface area contributed by atoms with Gasteiger partial charge < -0.3 is 5.32 Å². The molecule has 0 aromatic heterocycles. The van der Waals surface area contributed by atoms with Crippen LogP contribution in [0.15, 0.2) is 0 Å². The van der Waals surface area contributed by atoms with Gasteiger partial charge in [-0.3, -0.25) is 0 Å². The third-order valence-corrected chi connectivity index (χ3v) is 3.40. The van der Waals surface area contributed by atoms with Crippen LogP contribution in [0.1, 0.15) is 32.1 Å². The van der Waals surface area contributed by atoms with Crippen LogP contribution in [-0.4, -0.2) is 19.3 Å². The van der Waals surface area contributed by atoms with E-state index in [1.807, 2.05) is 0 Å². The van der Waals surface area contributed by atoms with E-state index in [0.717, 1.165) is 32.4 Å². The maximum atomic E-state index is 13.8. The summed E-state index contributed by atoms with van der Waals surface area (Å²) in [5.41, 5.74) is 0. The highest BCUT2D eigenvalue weighted by molar-refractivity contribution is 5.85. The lowest BCUT2D eigenvalue weighted by atomic mass is 9.90. The van der Waals surface area contributed by atoms with Gasteiger partial charge in [0.05, 0.1) is 0 Å². The second-order valence-electron chi connectivity index (χ2n) is 4.24. The molecule has 1 aliphatic heterocycles. The van der Waals surface area contributed by atoms with Crippen LogP contribution >= 0.6 is 12.4 Å². The third-order valence-electron chi connectivity index (χ3n) is 3.40. The van der Waals surface area contributed by atoms with Crippen molar-refractivity contribution < 1.29 is 4.39 Å². The molecule has 0 radical (unpaired) electrons. The lowest BCUT2D eigenvalue weighted by molar-refractivity contribution is 0.161. The minimum absolute atomic E-state index is 0. The highest BCUT2D eigenvalue weighted by Gasteiger charge is 2.32. The molecule has 1 nitrogen and oxygen atoms in total. The van der Waals surface area contributed by atoms with Crippen LogP contribution in [0, 0.1) is 11.8 Å². The van der Waals surface area contributed by atoms with Crippen molar-refractivity contribution in [2.24, 2.45) is 11.8 Å². The fraction of sp³-hybridized carbons (Fsp3) is 1.00. The van der Waals surface area contributed by atoms with Crippen molar-refractivity contribution in [2.45, 2.75) is 38.3 Å². The number of rotatable bonds is 2. The average molecular weight is 208 g/mol. The molecule has 2 fully saturated rings. The fourth-order valence-electron chi connectivity index (χ4n) is 2.61. The molecule has 78 valence electrons. The molecule has 0 spiro atoms. The molecular formula is C10H19ClFN. The zero-order valence-corrected chi connectivity index (χ0v) is 8.78. The second-order valence-corrected chi connectivity index (χ2v) is 4.24. The Kier molecular flexibility index (Phi) is 4.47. The number of hydrogen-bond donors (Lipinski definition) is 1. The highest BCUT2D eigenvalue weighted by atomic mass is 35.5. The molecule has 1 heterocycles. The van der Waals surface area contributed by atoms with Crippen molar-refractivity contribution >= 4 is 12.4 Å². The molecule has 1 saturated heterocycles. The van der Waals surface area contributed by atoms with Gasteiger partial charge in [-0.1, -0.05) is 12.8 Å². The molecule has 0 bridgehead atoms. The summed E-state index contributed by atoms with van der Waals surface area (Å²) in [6, 6.07) is 0. The standard InChI is InChI=1S/C10H18FN.ClH/c11-10(8-3-1-2-4-8)9-5-6-12-7-9;/h8-10,12H,1-7H2;1H. The van der Waals surface area contributed by atoms with Crippen LogP contribution in [-0.2, 0) is 0 Å². The van der Waals surface area contributed by atoms with Gasteiger partial charge in [0, 0.05) is 12.5 Å². The lowest BCUT2D eigenvalue weighted by Gasteiger charge is -2.20. The Bertz CT molecular complexity index is 126. The summed E-state index contributed by atoms with van der Waals surface area (Å²) in [4.78, 5) is 0. The molecule has 1 saturated carbocycles.